The zero-order valence-corrected chi connectivity index (χ0v) is 19.6. The topological polar surface area (TPSA) is 60.9 Å². The van der Waals surface area contributed by atoms with E-state index in [0.717, 1.165) is 33.5 Å². The SMILES string of the molecule is CN(C)c1ccc(C2/C(=C(/O)c3ccc4ccccc4c3)C(=O)C(=O)N2c2ccc(F)c(F)c2)cc1. The smallest absolute Gasteiger partial charge is 0.300 e. The maximum atomic E-state index is 14.1. The van der Waals surface area contributed by atoms with Crippen LogP contribution in [0.15, 0.2) is 90.5 Å². The van der Waals surface area contributed by atoms with E-state index in [1.165, 1.54) is 6.07 Å². The summed E-state index contributed by atoms with van der Waals surface area (Å²) < 4.78 is 27.8. The molecule has 1 aliphatic rings. The van der Waals surface area contributed by atoms with Crippen molar-refractivity contribution in [2.24, 2.45) is 0 Å². The van der Waals surface area contributed by atoms with Gasteiger partial charge in [0.1, 0.15) is 5.76 Å². The molecule has 0 aliphatic carbocycles. The summed E-state index contributed by atoms with van der Waals surface area (Å²) in [5.74, 6) is -4.41. The lowest BCUT2D eigenvalue weighted by Crippen LogP contribution is -2.29. The first-order valence-corrected chi connectivity index (χ1v) is 11.3. The summed E-state index contributed by atoms with van der Waals surface area (Å²) in [5.41, 5.74) is 1.67. The molecule has 0 bridgehead atoms. The fourth-order valence-electron chi connectivity index (χ4n) is 4.50. The normalized spacial score (nSPS) is 17.1. The van der Waals surface area contributed by atoms with Crippen LogP contribution < -0.4 is 9.80 Å². The average Bonchev–Trinajstić information content (AvgIpc) is 3.15. The number of Topliss-reactive ketones (excluding diaryl/α,β-unsaturated/α-hetero) is 1. The number of benzene rings is 4. The van der Waals surface area contributed by atoms with E-state index >= 15 is 0 Å². The third-order valence-electron chi connectivity index (χ3n) is 6.37. The van der Waals surface area contributed by atoms with Crippen molar-refractivity contribution < 1.29 is 23.5 Å². The van der Waals surface area contributed by atoms with Gasteiger partial charge < -0.3 is 10.0 Å². The molecule has 0 saturated carbocycles. The van der Waals surface area contributed by atoms with Crippen LogP contribution in [0.5, 0.6) is 0 Å². The Labute approximate surface area is 206 Å². The van der Waals surface area contributed by atoms with Crippen molar-refractivity contribution in [2.45, 2.75) is 6.04 Å². The maximum absolute atomic E-state index is 14.1. The Hall–Kier alpha value is -4.52. The van der Waals surface area contributed by atoms with Crippen molar-refractivity contribution in [3.8, 4) is 0 Å². The number of ketones is 1. The number of carbonyl (C=O) groups excluding carboxylic acids is 2. The summed E-state index contributed by atoms with van der Waals surface area (Å²) in [7, 11) is 3.75. The molecule has 0 spiro atoms. The number of aliphatic hydroxyl groups is 1. The highest BCUT2D eigenvalue weighted by Gasteiger charge is 2.47. The van der Waals surface area contributed by atoms with Gasteiger partial charge in [-0.15, -0.1) is 0 Å². The predicted octanol–water partition coefficient (Wildman–Crippen LogP) is 5.81. The van der Waals surface area contributed by atoms with E-state index in [9.17, 15) is 23.5 Å². The number of hydrogen-bond donors (Lipinski definition) is 1. The lowest BCUT2D eigenvalue weighted by Gasteiger charge is -2.26. The van der Waals surface area contributed by atoms with E-state index in [4.69, 9.17) is 0 Å². The second kappa shape index (κ2) is 8.92. The highest BCUT2D eigenvalue weighted by molar-refractivity contribution is 6.51. The molecule has 1 amide bonds. The van der Waals surface area contributed by atoms with Crippen molar-refractivity contribution >= 4 is 39.6 Å². The Morgan fingerprint density at radius 1 is 0.833 bits per heavy atom. The van der Waals surface area contributed by atoms with Crippen LogP contribution in [0.4, 0.5) is 20.2 Å². The highest BCUT2D eigenvalue weighted by atomic mass is 19.2. The van der Waals surface area contributed by atoms with Crippen LogP contribution in [0.25, 0.3) is 16.5 Å². The second-order valence-corrected chi connectivity index (χ2v) is 8.82. The molecule has 1 fully saturated rings. The molecule has 1 atom stereocenters. The zero-order chi connectivity index (χ0) is 25.6. The number of aliphatic hydroxyl groups excluding tert-OH is 1. The summed E-state index contributed by atoms with van der Waals surface area (Å²) >= 11 is 0. The summed E-state index contributed by atoms with van der Waals surface area (Å²) in [6.45, 7) is 0. The van der Waals surface area contributed by atoms with Gasteiger partial charge in [0, 0.05) is 37.1 Å². The van der Waals surface area contributed by atoms with E-state index in [0.29, 0.717) is 11.1 Å². The van der Waals surface area contributed by atoms with Crippen molar-refractivity contribution in [1.29, 1.82) is 0 Å². The molecule has 1 unspecified atom stereocenters. The molecular formula is C29H22F2N2O3. The molecule has 4 aromatic rings. The third kappa shape index (κ3) is 3.88. The van der Waals surface area contributed by atoms with Gasteiger partial charge >= 0.3 is 0 Å². The van der Waals surface area contributed by atoms with Crippen LogP contribution in [-0.4, -0.2) is 30.9 Å². The Morgan fingerprint density at radius 2 is 1.53 bits per heavy atom. The molecule has 1 heterocycles. The number of hydrogen-bond acceptors (Lipinski definition) is 4. The number of amides is 1. The lowest BCUT2D eigenvalue weighted by atomic mass is 9.94. The molecule has 5 rings (SSSR count). The maximum Gasteiger partial charge on any atom is 0.300 e. The van der Waals surface area contributed by atoms with Gasteiger partial charge in [0.05, 0.1) is 11.6 Å². The summed E-state index contributed by atoms with van der Waals surface area (Å²) in [4.78, 5) is 29.5. The molecule has 1 aliphatic heterocycles. The quantitative estimate of drug-likeness (QED) is 0.226. The molecule has 36 heavy (non-hydrogen) atoms. The Bertz CT molecular complexity index is 1540. The summed E-state index contributed by atoms with van der Waals surface area (Å²) in [6, 6.07) is 21.9. The zero-order valence-electron chi connectivity index (χ0n) is 19.6. The molecule has 0 aromatic heterocycles. The molecule has 180 valence electrons. The number of rotatable bonds is 4. The van der Waals surface area contributed by atoms with Gasteiger partial charge in [-0.05, 0) is 46.7 Å². The van der Waals surface area contributed by atoms with Crippen LogP contribution in [0.2, 0.25) is 0 Å². The second-order valence-electron chi connectivity index (χ2n) is 8.82. The van der Waals surface area contributed by atoms with Gasteiger partial charge in [0.2, 0.25) is 0 Å². The number of halogens is 2. The van der Waals surface area contributed by atoms with Crippen molar-refractivity contribution in [2.75, 3.05) is 23.9 Å². The summed E-state index contributed by atoms with van der Waals surface area (Å²) in [6.07, 6.45) is 0. The number of anilines is 2. The predicted molar refractivity (Wildman–Crippen MR) is 136 cm³/mol. The molecule has 1 saturated heterocycles. The van der Waals surface area contributed by atoms with E-state index in [1.54, 1.807) is 24.3 Å². The number of fused-ring (bicyclic) bond motifs is 1. The largest absolute Gasteiger partial charge is 0.507 e. The van der Waals surface area contributed by atoms with E-state index in [1.807, 2.05) is 61.5 Å². The van der Waals surface area contributed by atoms with Crippen LogP contribution in [0.3, 0.4) is 0 Å². The highest BCUT2D eigenvalue weighted by Crippen LogP contribution is 2.43. The molecule has 7 heteroatoms. The number of nitrogens with zero attached hydrogens (tertiary/aromatic N) is 2. The van der Waals surface area contributed by atoms with Gasteiger partial charge in [0.25, 0.3) is 11.7 Å². The van der Waals surface area contributed by atoms with Gasteiger partial charge in [0.15, 0.2) is 11.6 Å². The Morgan fingerprint density at radius 3 is 2.19 bits per heavy atom. The monoisotopic (exact) mass is 484 g/mol. The molecule has 5 nitrogen and oxygen atoms in total. The van der Waals surface area contributed by atoms with Crippen molar-refractivity contribution in [3.63, 3.8) is 0 Å². The fraction of sp³-hybridized carbons (Fsp3) is 0.103. The van der Waals surface area contributed by atoms with E-state index in [2.05, 4.69) is 0 Å². The van der Waals surface area contributed by atoms with Gasteiger partial charge in [-0.2, -0.15) is 0 Å². The van der Waals surface area contributed by atoms with Gasteiger partial charge in [-0.1, -0.05) is 48.5 Å². The van der Waals surface area contributed by atoms with Gasteiger partial charge in [-0.25, -0.2) is 8.78 Å². The first-order chi connectivity index (χ1) is 17.3. The van der Waals surface area contributed by atoms with Crippen LogP contribution in [0.1, 0.15) is 17.2 Å². The minimum atomic E-state index is -1.15. The lowest BCUT2D eigenvalue weighted by molar-refractivity contribution is -0.132. The number of carbonyl (C=O) groups is 2. The average molecular weight is 485 g/mol. The first kappa shape index (κ1) is 23.2. The fourth-order valence-corrected chi connectivity index (χ4v) is 4.50. The summed E-state index contributed by atoms with van der Waals surface area (Å²) in [5, 5.41) is 13.1. The minimum absolute atomic E-state index is 0.00949. The minimum Gasteiger partial charge on any atom is -0.507 e. The third-order valence-corrected chi connectivity index (χ3v) is 6.37. The molecule has 0 radical (unpaired) electrons. The van der Waals surface area contributed by atoms with E-state index < -0.39 is 29.4 Å². The standard InChI is InChI=1S/C29H22F2N2O3/c1-32(2)21-11-9-18(10-12-21)26-25(27(34)20-8-7-17-5-3-4-6-19(17)15-20)28(35)29(36)33(26)22-13-14-23(30)24(31)16-22/h3-16,26,34H,1-2H3/b27-25-. The Kier molecular flexibility index (Phi) is 5.76. The van der Waals surface area contributed by atoms with Crippen molar-refractivity contribution in [1.82, 2.24) is 0 Å². The van der Waals surface area contributed by atoms with Gasteiger partial charge in [-0.3, -0.25) is 14.5 Å². The van der Waals surface area contributed by atoms with Crippen LogP contribution in [0, 0.1) is 11.6 Å². The molecule has 1 N–H and O–H groups in total. The van der Waals surface area contributed by atoms with Crippen LogP contribution >= 0.6 is 0 Å². The molecule has 4 aromatic carbocycles. The van der Waals surface area contributed by atoms with Crippen molar-refractivity contribution in [3.05, 3.63) is 113 Å². The Balaban J connectivity index is 1.72. The first-order valence-electron chi connectivity index (χ1n) is 11.3. The van der Waals surface area contributed by atoms with Crippen LogP contribution in [-0.2, 0) is 9.59 Å². The van der Waals surface area contributed by atoms with E-state index in [-0.39, 0.29) is 17.0 Å². The molecular weight excluding hydrogens is 462 g/mol.